The molecule has 0 spiro atoms. The van der Waals surface area contributed by atoms with Crippen LogP contribution in [0.2, 0.25) is 0 Å². The third-order valence-electron chi connectivity index (χ3n) is 4.86. The Balaban J connectivity index is 1.81. The van der Waals surface area contributed by atoms with Crippen LogP contribution in [0.5, 0.6) is 5.75 Å². The number of esters is 1. The monoisotopic (exact) mass is 476 g/mol. The highest BCUT2D eigenvalue weighted by Crippen LogP contribution is 2.21. The first-order valence-electron chi connectivity index (χ1n) is 10.4. The summed E-state index contributed by atoms with van der Waals surface area (Å²) in [6, 6.07) is 14.1. The quantitative estimate of drug-likeness (QED) is 0.301. The molecule has 0 aliphatic rings. The van der Waals surface area contributed by atoms with Crippen molar-refractivity contribution in [3.05, 3.63) is 95.7 Å². The van der Waals surface area contributed by atoms with Crippen molar-refractivity contribution in [2.24, 2.45) is 0 Å². The fourth-order valence-corrected chi connectivity index (χ4v) is 4.37. The number of aryl methyl sites for hydroxylation is 1. The lowest BCUT2D eigenvalue weighted by Crippen LogP contribution is -2.28. The van der Waals surface area contributed by atoms with Crippen LogP contribution in [0.15, 0.2) is 78.3 Å². The number of pyridine rings is 1. The molecule has 2 aromatic carbocycles. The third-order valence-corrected chi connectivity index (χ3v) is 6.77. The van der Waals surface area contributed by atoms with Gasteiger partial charge in [-0.25, -0.2) is 18.2 Å². The fourth-order valence-electron chi connectivity index (χ4n) is 3.04. The van der Waals surface area contributed by atoms with Crippen LogP contribution in [0.25, 0.3) is 0 Å². The van der Waals surface area contributed by atoms with Crippen LogP contribution in [0.4, 0.5) is 5.82 Å². The van der Waals surface area contributed by atoms with Gasteiger partial charge in [-0.3, -0.25) is 0 Å². The molecule has 3 rings (SSSR count). The standard InChI is InChI=1S/C26H24N2O5S/c1-4-24(28-25-18(3)7-6-16-27-25)34(31,32)21-13-10-19(11-14-21)8-9-20-12-15-23(29)22(17-20)26(30)33-5-2/h4,6-7,10-17,24,29H,1,5H2,2-3H3,(H,27,28). The molecular weight excluding hydrogens is 452 g/mol. The number of phenolic OH excluding ortho intramolecular Hbond substituents is 1. The van der Waals surface area contributed by atoms with Crippen LogP contribution < -0.4 is 5.32 Å². The highest BCUT2D eigenvalue weighted by molar-refractivity contribution is 7.92. The summed E-state index contributed by atoms with van der Waals surface area (Å²) in [5, 5.41) is 11.7. The molecule has 0 fully saturated rings. The van der Waals surface area contributed by atoms with Gasteiger partial charge in [0.05, 0.1) is 11.5 Å². The van der Waals surface area contributed by atoms with Gasteiger partial charge in [-0.15, -0.1) is 0 Å². The maximum absolute atomic E-state index is 13.1. The molecule has 0 amide bonds. The molecule has 0 aliphatic heterocycles. The molecule has 34 heavy (non-hydrogen) atoms. The number of rotatable bonds is 7. The number of benzene rings is 2. The maximum atomic E-state index is 13.1. The van der Waals surface area contributed by atoms with E-state index in [1.165, 1.54) is 30.3 Å². The summed E-state index contributed by atoms with van der Waals surface area (Å²) in [5.74, 6) is 5.47. The van der Waals surface area contributed by atoms with E-state index >= 15 is 0 Å². The molecule has 0 saturated carbocycles. The molecule has 0 bridgehead atoms. The number of hydrogen-bond donors (Lipinski definition) is 2. The molecule has 0 aliphatic carbocycles. The van der Waals surface area contributed by atoms with Crippen molar-refractivity contribution in [1.82, 2.24) is 4.98 Å². The number of ether oxygens (including phenoxy) is 1. The summed E-state index contributed by atoms with van der Waals surface area (Å²) in [5.41, 5.74) is 1.92. The summed E-state index contributed by atoms with van der Waals surface area (Å²) in [6.45, 7) is 7.35. The van der Waals surface area contributed by atoms with Gasteiger partial charge >= 0.3 is 5.97 Å². The van der Waals surface area contributed by atoms with Crippen molar-refractivity contribution in [1.29, 1.82) is 0 Å². The smallest absolute Gasteiger partial charge is 0.341 e. The molecule has 8 heteroatoms. The zero-order valence-corrected chi connectivity index (χ0v) is 19.6. The van der Waals surface area contributed by atoms with Crippen molar-refractivity contribution in [2.75, 3.05) is 11.9 Å². The fraction of sp³-hybridized carbons (Fsp3) is 0.154. The Hall–Kier alpha value is -4.09. The summed E-state index contributed by atoms with van der Waals surface area (Å²) in [6.07, 6.45) is 2.91. The minimum atomic E-state index is -3.77. The molecule has 2 N–H and O–H groups in total. The van der Waals surface area contributed by atoms with Gasteiger partial charge in [0, 0.05) is 17.3 Å². The van der Waals surface area contributed by atoms with Crippen LogP contribution in [0.3, 0.4) is 0 Å². The van der Waals surface area contributed by atoms with Gasteiger partial charge in [-0.05, 0) is 67.9 Å². The summed E-state index contributed by atoms with van der Waals surface area (Å²) in [7, 11) is -3.77. The van der Waals surface area contributed by atoms with Gasteiger partial charge in [0.25, 0.3) is 0 Å². The molecule has 0 saturated heterocycles. The zero-order chi connectivity index (χ0) is 24.7. The van der Waals surface area contributed by atoms with Crippen molar-refractivity contribution >= 4 is 21.6 Å². The van der Waals surface area contributed by atoms with Gasteiger partial charge in [-0.2, -0.15) is 0 Å². The molecule has 1 unspecified atom stereocenters. The third kappa shape index (κ3) is 5.63. The normalized spacial score (nSPS) is 11.6. The first kappa shape index (κ1) is 24.6. The molecule has 1 aromatic heterocycles. The Kier molecular flexibility index (Phi) is 7.71. The number of sulfone groups is 1. The minimum absolute atomic E-state index is 0.0289. The van der Waals surface area contributed by atoms with E-state index in [2.05, 4.69) is 28.7 Å². The Morgan fingerprint density at radius 1 is 1.18 bits per heavy atom. The number of anilines is 1. The topological polar surface area (TPSA) is 106 Å². The van der Waals surface area contributed by atoms with Crippen molar-refractivity contribution < 1.29 is 23.1 Å². The van der Waals surface area contributed by atoms with E-state index in [1.54, 1.807) is 37.4 Å². The van der Waals surface area contributed by atoms with Gasteiger partial charge in [0.2, 0.25) is 9.84 Å². The number of nitrogens with one attached hydrogen (secondary N) is 1. The highest BCUT2D eigenvalue weighted by atomic mass is 32.2. The largest absolute Gasteiger partial charge is 0.507 e. The lowest BCUT2D eigenvalue weighted by Gasteiger charge is -2.17. The second-order valence-corrected chi connectivity index (χ2v) is 9.31. The number of phenols is 1. The number of carbonyl (C=O) groups excluding carboxylic acids is 1. The first-order valence-corrected chi connectivity index (χ1v) is 12.0. The van der Waals surface area contributed by atoms with Gasteiger partial charge in [0.15, 0.2) is 5.37 Å². The second-order valence-electron chi connectivity index (χ2n) is 7.24. The predicted octanol–water partition coefficient (Wildman–Crippen LogP) is 4.07. The average Bonchev–Trinajstić information content (AvgIpc) is 2.83. The molecular formula is C26H24N2O5S. The Morgan fingerprint density at radius 2 is 1.85 bits per heavy atom. The molecule has 0 radical (unpaired) electrons. The predicted molar refractivity (Wildman–Crippen MR) is 130 cm³/mol. The minimum Gasteiger partial charge on any atom is -0.507 e. The molecule has 174 valence electrons. The second kappa shape index (κ2) is 10.7. The van der Waals surface area contributed by atoms with Gasteiger partial charge in [0.1, 0.15) is 17.1 Å². The van der Waals surface area contributed by atoms with Crippen LogP contribution in [0.1, 0.15) is 34.0 Å². The Morgan fingerprint density at radius 3 is 2.50 bits per heavy atom. The van der Waals surface area contributed by atoms with Crippen LogP contribution in [-0.2, 0) is 14.6 Å². The van der Waals surface area contributed by atoms with Crippen molar-refractivity contribution in [3.63, 3.8) is 0 Å². The SMILES string of the molecule is C=CC(Nc1ncccc1C)S(=O)(=O)c1ccc(C#Cc2ccc(O)c(C(=O)OCC)c2)cc1. The maximum Gasteiger partial charge on any atom is 0.341 e. The number of aromatic nitrogens is 1. The van der Waals surface area contributed by atoms with Gasteiger partial charge in [-0.1, -0.05) is 30.6 Å². The van der Waals surface area contributed by atoms with Crippen LogP contribution in [0, 0.1) is 18.8 Å². The molecule has 1 heterocycles. The number of nitrogens with zero attached hydrogens (tertiary/aromatic N) is 1. The van der Waals surface area contributed by atoms with E-state index in [9.17, 15) is 18.3 Å². The highest BCUT2D eigenvalue weighted by Gasteiger charge is 2.25. The van der Waals surface area contributed by atoms with E-state index in [1.807, 2.05) is 13.0 Å². The number of carbonyl (C=O) groups is 1. The summed E-state index contributed by atoms with van der Waals surface area (Å²) < 4.78 is 31.1. The molecule has 7 nitrogen and oxygen atoms in total. The number of hydrogen-bond acceptors (Lipinski definition) is 7. The average molecular weight is 477 g/mol. The lowest BCUT2D eigenvalue weighted by molar-refractivity contribution is 0.0523. The van der Waals surface area contributed by atoms with Crippen molar-refractivity contribution in [2.45, 2.75) is 24.1 Å². The van der Waals surface area contributed by atoms with E-state index < -0.39 is 21.2 Å². The van der Waals surface area contributed by atoms with E-state index in [4.69, 9.17) is 4.74 Å². The lowest BCUT2D eigenvalue weighted by atomic mass is 10.1. The van der Waals surface area contributed by atoms with E-state index in [0.717, 1.165) is 5.56 Å². The van der Waals surface area contributed by atoms with E-state index in [-0.39, 0.29) is 22.8 Å². The van der Waals surface area contributed by atoms with Crippen LogP contribution >= 0.6 is 0 Å². The molecule has 1 atom stereocenters. The van der Waals surface area contributed by atoms with E-state index in [0.29, 0.717) is 16.9 Å². The van der Waals surface area contributed by atoms with Gasteiger partial charge < -0.3 is 15.2 Å². The molecule has 3 aromatic rings. The number of aromatic hydroxyl groups is 1. The zero-order valence-electron chi connectivity index (χ0n) is 18.8. The first-order chi connectivity index (χ1) is 16.3. The Bertz CT molecular complexity index is 1370. The Labute approximate surface area is 199 Å². The van der Waals surface area contributed by atoms with Crippen molar-refractivity contribution in [3.8, 4) is 17.6 Å². The summed E-state index contributed by atoms with van der Waals surface area (Å²) in [4.78, 5) is 16.2. The summed E-state index contributed by atoms with van der Waals surface area (Å²) >= 11 is 0. The van der Waals surface area contributed by atoms with Crippen LogP contribution in [-0.4, -0.2) is 36.5 Å².